The molecule has 4 fully saturated rings. The lowest BCUT2D eigenvalue weighted by atomic mass is 9.44. The van der Waals surface area contributed by atoms with E-state index in [0.29, 0.717) is 16.7 Å². The second-order valence-corrected chi connectivity index (χ2v) is 12.5. The minimum absolute atomic E-state index is 0.0662. The second kappa shape index (κ2) is 8.14. The fourth-order valence-electron chi connectivity index (χ4n) is 9.14. The van der Waals surface area contributed by atoms with Crippen molar-refractivity contribution in [2.45, 2.75) is 118 Å². The smallest absolute Gasteiger partial charge is 0.0543 e. The van der Waals surface area contributed by atoms with Crippen LogP contribution < -0.4 is 0 Å². The molecule has 0 saturated heterocycles. The molecule has 0 amide bonds. The molecular weight excluding hydrogens is 352 g/mol. The minimum Gasteiger partial charge on any atom is -0.393 e. The molecule has 4 aliphatic carbocycles. The molecule has 1 nitrogen and oxygen atoms in total. The van der Waals surface area contributed by atoms with E-state index < -0.39 is 12.7 Å². The van der Waals surface area contributed by atoms with Crippen molar-refractivity contribution in [2.24, 2.45) is 58.1 Å². The van der Waals surface area contributed by atoms with Gasteiger partial charge in [-0.25, -0.2) is 0 Å². The van der Waals surface area contributed by atoms with E-state index in [2.05, 4.69) is 20.8 Å². The Balaban J connectivity index is 1.42. The van der Waals surface area contributed by atoms with Crippen LogP contribution in [0.15, 0.2) is 0 Å². The van der Waals surface area contributed by atoms with Crippen LogP contribution in [0, 0.1) is 58.1 Å². The molecule has 1 unspecified atom stereocenters. The SMILES string of the molecule is [2H]C([2H])([2H])C([2H])(C)[C@H](C)CC[C@@H](C)[C@H]1CC[C@H]2[C@@H]3CC[C@H]4C[C@@H](O)CC[C@]4(C)[C@H]3CC[C@]12C. The van der Waals surface area contributed by atoms with Crippen LogP contribution in [0.5, 0.6) is 0 Å². The van der Waals surface area contributed by atoms with Crippen LogP contribution in [0.1, 0.15) is 118 Å². The summed E-state index contributed by atoms with van der Waals surface area (Å²) in [5.41, 5.74) is 0.867. The maximum absolute atomic E-state index is 10.3. The quantitative estimate of drug-likeness (QED) is 0.495. The van der Waals surface area contributed by atoms with Crippen LogP contribution in [0.4, 0.5) is 0 Å². The van der Waals surface area contributed by atoms with Gasteiger partial charge in [-0.15, -0.1) is 0 Å². The number of fused-ring (bicyclic) bond motifs is 5. The van der Waals surface area contributed by atoms with Gasteiger partial charge in [-0.05, 0) is 116 Å². The van der Waals surface area contributed by atoms with Gasteiger partial charge in [0.2, 0.25) is 0 Å². The minimum atomic E-state index is -2.22. The highest BCUT2D eigenvalue weighted by Crippen LogP contribution is 2.68. The van der Waals surface area contributed by atoms with Crippen molar-refractivity contribution in [1.29, 1.82) is 0 Å². The first-order chi connectivity index (χ1) is 15.2. The molecular formula is C28H50O. The summed E-state index contributed by atoms with van der Waals surface area (Å²) in [6.45, 7) is 8.93. The zero-order chi connectivity index (χ0) is 24.4. The summed E-state index contributed by atoms with van der Waals surface area (Å²) in [4.78, 5) is 0. The Morgan fingerprint density at radius 3 is 2.41 bits per heavy atom. The van der Waals surface area contributed by atoms with Crippen LogP contribution in [0.3, 0.4) is 0 Å². The van der Waals surface area contributed by atoms with E-state index in [1.165, 1.54) is 44.9 Å². The van der Waals surface area contributed by atoms with Gasteiger partial charge in [0.25, 0.3) is 0 Å². The van der Waals surface area contributed by atoms with Gasteiger partial charge in [0.1, 0.15) is 0 Å². The van der Waals surface area contributed by atoms with E-state index in [9.17, 15) is 5.11 Å². The lowest BCUT2D eigenvalue weighted by molar-refractivity contribution is -0.129. The van der Waals surface area contributed by atoms with Crippen LogP contribution >= 0.6 is 0 Å². The first kappa shape index (κ1) is 17.5. The van der Waals surface area contributed by atoms with E-state index in [4.69, 9.17) is 5.48 Å². The van der Waals surface area contributed by atoms with Gasteiger partial charge in [-0.2, -0.15) is 0 Å². The Hall–Kier alpha value is -0.0400. The molecule has 0 aliphatic heterocycles. The van der Waals surface area contributed by atoms with E-state index in [1.54, 1.807) is 6.92 Å². The lowest BCUT2D eigenvalue weighted by Crippen LogP contribution is -2.54. The molecule has 11 atom stereocenters. The number of hydrogen-bond donors (Lipinski definition) is 1. The van der Waals surface area contributed by atoms with Crippen LogP contribution in [0.25, 0.3) is 0 Å². The van der Waals surface area contributed by atoms with Gasteiger partial charge >= 0.3 is 0 Å². The van der Waals surface area contributed by atoms with Crippen LogP contribution in [0.2, 0.25) is 0 Å². The average molecular weight is 407 g/mol. The molecule has 0 spiro atoms. The highest BCUT2D eigenvalue weighted by Gasteiger charge is 2.60. The summed E-state index contributed by atoms with van der Waals surface area (Å²) in [5, 5.41) is 10.3. The average Bonchev–Trinajstić information content (AvgIpc) is 3.08. The van der Waals surface area contributed by atoms with Gasteiger partial charge in [0.15, 0.2) is 0 Å². The molecule has 29 heavy (non-hydrogen) atoms. The largest absolute Gasteiger partial charge is 0.393 e. The standard InChI is InChI=1S/C28H50O/c1-18(2)19(3)7-8-20(4)24-11-12-25-23-10-9-21-17-22(29)13-15-27(21,5)26(23)14-16-28(24,25)6/h18-26,29H,7-17H2,1-6H3/t19-,20-,21+,22+,23+,24-,25+,26+,27+,28-/m1/s1/i1D3,18D/t18?,19-,20-,21+,22+,23+,24-,25+,26+,27+,28-. The zero-order valence-corrected chi connectivity index (χ0v) is 19.8. The Bertz CT molecular complexity index is 705. The molecule has 4 aliphatic rings. The Morgan fingerprint density at radius 1 is 0.931 bits per heavy atom. The summed E-state index contributed by atoms with van der Waals surface area (Å²) < 4.78 is 31.8. The predicted molar refractivity (Wildman–Crippen MR) is 124 cm³/mol. The van der Waals surface area contributed by atoms with E-state index >= 15 is 0 Å². The second-order valence-electron chi connectivity index (χ2n) is 12.5. The topological polar surface area (TPSA) is 20.2 Å². The van der Waals surface area contributed by atoms with Crippen molar-refractivity contribution >= 4 is 0 Å². The summed E-state index contributed by atoms with van der Waals surface area (Å²) in [6, 6.07) is 0. The van der Waals surface area contributed by atoms with Crippen molar-refractivity contribution in [3.05, 3.63) is 0 Å². The van der Waals surface area contributed by atoms with E-state index in [-0.39, 0.29) is 12.0 Å². The maximum atomic E-state index is 10.3. The molecule has 4 rings (SSSR count). The molecule has 1 heteroatoms. The first-order valence-corrected chi connectivity index (χ1v) is 12.9. The van der Waals surface area contributed by atoms with Crippen molar-refractivity contribution in [3.8, 4) is 0 Å². The normalized spacial score (nSPS) is 53.7. The molecule has 168 valence electrons. The van der Waals surface area contributed by atoms with Crippen LogP contribution in [-0.2, 0) is 0 Å². The Labute approximate surface area is 187 Å². The highest BCUT2D eigenvalue weighted by atomic mass is 16.3. The molecule has 0 heterocycles. The third-order valence-electron chi connectivity index (χ3n) is 11.2. The van der Waals surface area contributed by atoms with E-state index in [1.807, 2.05) is 6.92 Å². The maximum Gasteiger partial charge on any atom is 0.0543 e. The lowest BCUT2D eigenvalue weighted by Gasteiger charge is -2.61. The van der Waals surface area contributed by atoms with Crippen molar-refractivity contribution < 1.29 is 10.6 Å². The first-order valence-electron chi connectivity index (χ1n) is 14.9. The number of hydrogen-bond acceptors (Lipinski definition) is 1. The van der Waals surface area contributed by atoms with Gasteiger partial charge in [-0.1, -0.05) is 54.3 Å². The summed E-state index contributed by atoms with van der Waals surface area (Å²) in [7, 11) is 0. The monoisotopic (exact) mass is 406 g/mol. The molecule has 4 saturated carbocycles. The Morgan fingerprint density at radius 2 is 1.66 bits per heavy atom. The highest BCUT2D eigenvalue weighted by molar-refractivity contribution is 5.09. The van der Waals surface area contributed by atoms with Crippen molar-refractivity contribution in [1.82, 2.24) is 0 Å². The summed E-state index contributed by atoms with van der Waals surface area (Å²) >= 11 is 0. The van der Waals surface area contributed by atoms with Gasteiger partial charge < -0.3 is 5.11 Å². The fourth-order valence-corrected chi connectivity index (χ4v) is 9.14. The van der Waals surface area contributed by atoms with Crippen molar-refractivity contribution in [3.63, 3.8) is 0 Å². The zero-order valence-electron chi connectivity index (χ0n) is 23.8. The number of aliphatic hydroxyl groups is 1. The summed E-state index contributed by atoms with van der Waals surface area (Å²) in [6.07, 6.45) is 13.2. The molecule has 0 aromatic rings. The van der Waals surface area contributed by atoms with Gasteiger partial charge in [0.05, 0.1) is 6.10 Å². The Kier molecular flexibility index (Phi) is 4.92. The predicted octanol–water partition coefficient (Wildman–Crippen LogP) is 7.71. The van der Waals surface area contributed by atoms with Gasteiger partial charge in [-0.3, -0.25) is 0 Å². The third-order valence-corrected chi connectivity index (χ3v) is 11.2. The third kappa shape index (κ3) is 3.74. The van der Waals surface area contributed by atoms with Crippen LogP contribution in [-0.4, -0.2) is 11.2 Å². The molecule has 0 aromatic heterocycles. The molecule has 1 N–H and O–H groups in total. The number of aliphatic hydroxyl groups excluding tert-OH is 1. The molecule has 0 radical (unpaired) electrons. The van der Waals surface area contributed by atoms with E-state index in [0.717, 1.165) is 55.3 Å². The number of rotatable bonds is 5. The summed E-state index contributed by atoms with van der Waals surface area (Å²) in [5.74, 6) is 3.13. The molecule has 0 bridgehead atoms. The fraction of sp³-hybridized carbons (Fsp3) is 1.00. The van der Waals surface area contributed by atoms with Gasteiger partial charge in [0, 0.05) is 5.48 Å². The van der Waals surface area contributed by atoms with Crippen molar-refractivity contribution in [2.75, 3.05) is 0 Å². The molecule has 0 aromatic carbocycles.